The number of hydrogen-bond acceptors (Lipinski definition) is 4. The Morgan fingerprint density at radius 3 is 2.26 bits per heavy atom. The molecular formula is C17H21N3O3. The van der Waals surface area contributed by atoms with Gasteiger partial charge in [-0.2, -0.15) is 0 Å². The summed E-state index contributed by atoms with van der Waals surface area (Å²) in [5.41, 5.74) is 7.13. The molecule has 2 aromatic rings. The van der Waals surface area contributed by atoms with Crippen LogP contribution in [0.2, 0.25) is 0 Å². The number of amides is 2. The van der Waals surface area contributed by atoms with Gasteiger partial charge in [-0.05, 0) is 42.3 Å². The highest BCUT2D eigenvalue weighted by Gasteiger charge is 2.19. The standard InChI is InChI=1S/C17H21N3O3/c1-3-11(2)15(18)17(22)20-13-8-6-12(7-9-13)19-16(21)14-5-4-10-23-14/h4-11,15H,3,18H2,1-2H3,(H,19,21)(H,20,22). The Kier molecular flexibility index (Phi) is 5.54. The van der Waals surface area contributed by atoms with Crippen LogP contribution in [0.25, 0.3) is 0 Å². The van der Waals surface area contributed by atoms with Crippen LogP contribution in [0.15, 0.2) is 47.1 Å². The third kappa shape index (κ3) is 4.43. The molecule has 0 aliphatic rings. The maximum atomic E-state index is 12.0. The third-order valence-corrected chi connectivity index (χ3v) is 3.72. The van der Waals surface area contributed by atoms with Crippen molar-refractivity contribution < 1.29 is 14.0 Å². The molecule has 0 saturated heterocycles. The zero-order valence-electron chi connectivity index (χ0n) is 13.2. The topological polar surface area (TPSA) is 97.4 Å². The number of rotatable bonds is 6. The summed E-state index contributed by atoms with van der Waals surface area (Å²) in [4.78, 5) is 23.9. The lowest BCUT2D eigenvalue weighted by atomic mass is 9.99. The van der Waals surface area contributed by atoms with Crippen LogP contribution in [0.1, 0.15) is 30.8 Å². The van der Waals surface area contributed by atoms with Gasteiger partial charge in [0.05, 0.1) is 12.3 Å². The molecule has 2 amide bonds. The van der Waals surface area contributed by atoms with Crippen molar-refractivity contribution >= 4 is 23.2 Å². The van der Waals surface area contributed by atoms with Crippen molar-refractivity contribution in [3.63, 3.8) is 0 Å². The Bertz CT molecular complexity index is 650. The fourth-order valence-corrected chi connectivity index (χ4v) is 1.98. The second kappa shape index (κ2) is 7.60. The summed E-state index contributed by atoms with van der Waals surface area (Å²) in [7, 11) is 0. The van der Waals surface area contributed by atoms with E-state index in [1.165, 1.54) is 6.26 Å². The van der Waals surface area contributed by atoms with Crippen LogP contribution in [0.4, 0.5) is 11.4 Å². The van der Waals surface area contributed by atoms with Gasteiger partial charge in [0.1, 0.15) is 0 Å². The number of carbonyl (C=O) groups excluding carboxylic acids is 2. The first-order valence-electron chi connectivity index (χ1n) is 7.52. The second-order valence-electron chi connectivity index (χ2n) is 5.41. The van der Waals surface area contributed by atoms with Crippen LogP contribution in [0.3, 0.4) is 0 Å². The monoisotopic (exact) mass is 315 g/mol. The molecule has 4 N–H and O–H groups in total. The lowest BCUT2D eigenvalue weighted by Gasteiger charge is -2.17. The molecule has 0 saturated carbocycles. The molecule has 6 nitrogen and oxygen atoms in total. The van der Waals surface area contributed by atoms with Crippen LogP contribution in [0.5, 0.6) is 0 Å². The van der Waals surface area contributed by atoms with Crippen LogP contribution >= 0.6 is 0 Å². The zero-order valence-corrected chi connectivity index (χ0v) is 13.2. The van der Waals surface area contributed by atoms with Crippen LogP contribution in [-0.4, -0.2) is 17.9 Å². The van der Waals surface area contributed by atoms with E-state index in [1.54, 1.807) is 36.4 Å². The molecule has 1 heterocycles. The van der Waals surface area contributed by atoms with E-state index >= 15 is 0 Å². The minimum atomic E-state index is -0.543. The Morgan fingerprint density at radius 1 is 1.13 bits per heavy atom. The Hall–Kier alpha value is -2.60. The summed E-state index contributed by atoms with van der Waals surface area (Å²) in [5, 5.41) is 5.47. The van der Waals surface area contributed by atoms with Gasteiger partial charge < -0.3 is 20.8 Å². The summed E-state index contributed by atoms with van der Waals surface area (Å²) < 4.78 is 5.02. The lowest BCUT2D eigenvalue weighted by molar-refractivity contribution is -0.118. The van der Waals surface area contributed by atoms with Crippen molar-refractivity contribution in [3.8, 4) is 0 Å². The SMILES string of the molecule is CCC(C)C(N)C(=O)Nc1ccc(NC(=O)c2ccco2)cc1. The number of nitrogens with two attached hydrogens (primary N) is 1. The van der Waals surface area contributed by atoms with E-state index < -0.39 is 6.04 Å². The predicted molar refractivity (Wildman–Crippen MR) is 89.2 cm³/mol. The van der Waals surface area contributed by atoms with Gasteiger partial charge in [0.2, 0.25) is 5.91 Å². The molecule has 6 heteroatoms. The molecule has 2 unspecified atom stereocenters. The fourth-order valence-electron chi connectivity index (χ4n) is 1.98. The maximum Gasteiger partial charge on any atom is 0.291 e. The summed E-state index contributed by atoms with van der Waals surface area (Å²) in [6, 6.07) is 9.50. The summed E-state index contributed by atoms with van der Waals surface area (Å²) in [5.74, 6) is -0.193. The molecule has 0 spiro atoms. The molecule has 23 heavy (non-hydrogen) atoms. The number of nitrogens with one attached hydrogen (secondary N) is 2. The minimum absolute atomic E-state index is 0.113. The number of furan rings is 1. The van der Waals surface area contributed by atoms with E-state index in [4.69, 9.17) is 10.2 Å². The van der Waals surface area contributed by atoms with E-state index in [-0.39, 0.29) is 23.5 Å². The predicted octanol–water partition coefficient (Wildman–Crippen LogP) is 2.84. The van der Waals surface area contributed by atoms with Crippen LogP contribution in [-0.2, 0) is 4.79 Å². The van der Waals surface area contributed by atoms with E-state index in [0.29, 0.717) is 11.4 Å². The first-order chi connectivity index (χ1) is 11.0. The van der Waals surface area contributed by atoms with Gasteiger partial charge in [-0.3, -0.25) is 9.59 Å². The lowest BCUT2D eigenvalue weighted by Crippen LogP contribution is -2.40. The molecular weight excluding hydrogens is 294 g/mol. The van der Waals surface area contributed by atoms with Crippen molar-refractivity contribution in [2.24, 2.45) is 11.7 Å². The Morgan fingerprint density at radius 2 is 1.74 bits per heavy atom. The number of anilines is 2. The average Bonchev–Trinajstić information content (AvgIpc) is 3.09. The summed E-state index contributed by atoms with van der Waals surface area (Å²) in [6.07, 6.45) is 2.28. The number of benzene rings is 1. The molecule has 1 aromatic heterocycles. The van der Waals surface area contributed by atoms with E-state index in [9.17, 15) is 9.59 Å². The maximum absolute atomic E-state index is 12.0. The molecule has 0 aliphatic heterocycles. The summed E-state index contributed by atoms with van der Waals surface area (Å²) >= 11 is 0. The molecule has 0 bridgehead atoms. The Labute approximate surface area is 135 Å². The molecule has 2 atom stereocenters. The molecule has 0 radical (unpaired) electrons. The number of carbonyl (C=O) groups is 2. The third-order valence-electron chi connectivity index (χ3n) is 3.72. The van der Waals surface area contributed by atoms with Gasteiger partial charge >= 0.3 is 0 Å². The van der Waals surface area contributed by atoms with Crippen molar-refractivity contribution in [1.29, 1.82) is 0 Å². The fraction of sp³-hybridized carbons (Fsp3) is 0.294. The quantitative estimate of drug-likeness (QED) is 0.763. The molecule has 1 aromatic carbocycles. The largest absolute Gasteiger partial charge is 0.459 e. The second-order valence-corrected chi connectivity index (χ2v) is 5.41. The highest BCUT2D eigenvalue weighted by Crippen LogP contribution is 2.16. The van der Waals surface area contributed by atoms with Crippen molar-refractivity contribution in [3.05, 3.63) is 48.4 Å². The number of hydrogen-bond donors (Lipinski definition) is 3. The normalized spacial score (nSPS) is 13.2. The van der Waals surface area contributed by atoms with E-state index in [2.05, 4.69) is 10.6 Å². The van der Waals surface area contributed by atoms with Gasteiger partial charge in [0.25, 0.3) is 5.91 Å². The van der Waals surface area contributed by atoms with Crippen molar-refractivity contribution in [2.45, 2.75) is 26.3 Å². The van der Waals surface area contributed by atoms with E-state index in [0.717, 1.165) is 6.42 Å². The van der Waals surface area contributed by atoms with Crippen molar-refractivity contribution in [2.75, 3.05) is 10.6 Å². The Balaban J connectivity index is 1.94. The summed E-state index contributed by atoms with van der Waals surface area (Å²) in [6.45, 7) is 3.94. The van der Waals surface area contributed by atoms with Crippen molar-refractivity contribution in [1.82, 2.24) is 0 Å². The van der Waals surface area contributed by atoms with Crippen LogP contribution < -0.4 is 16.4 Å². The molecule has 2 rings (SSSR count). The smallest absolute Gasteiger partial charge is 0.291 e. The highest BCUT2D eigenvalue weighted by molar-refractivity contribution is 6.02. The van der Waals surface area contributed by atoms with Gasteiger partial charge in [-0.1, -0.05) is 20.3 Å². The first-order valence-corrected chi connectivity index (χ1v) is 7.52. The highest BCUT2D eigenvalue weighted by atomic mass is 16.3. The van der Waals surface area contributed by atoms with Gasteiger partial charge in [-0.25, -0.2) is 0 Å². The van der Waals surface area contributed by atoms with Gasteiger partial charge in [0, 0.05) is 11.4 Å². The zero-order chi connectivity index (χ0) is 16.8. The molecule has 0 aliphatic carbocycles. The van der Waals surface area contributed by atoms with E-state index in [1.807, 2.05) is 13.8 Å². The molecule has 0 fully saturated rings. The van der Waals surface area contributed by atoms with Crippen LogP contribution in [0, 0.1) is 5.92 Å². The molecule has 122 valence electrons. The minimum Gasteiger partial charge on any atom is -0.459 e. The first kappa shape index (κ1) is 16.8. The average molecular weight is 315 g/mol. The van der Waals surface area contributed by atoms with Gasteiger partial charge in [-0.15, -0.1) is 0 Å². The van der Waals surface area contributed by atoms with Gasteiger partial charge in [0.15, 0.2) is 5.76 Å².